The Morgan fingerprint density at radius 3 is 2.20 bits per heavy atom. The first-order valence-electron chi connectivity index (χ1n) is 3.78. The van der Waals surface area contributed by atoms with Crippen LogP contribution in [0.4, 0.5) is 11.4 Å². The number of halogens is 2. The van der Waals surface area contributed by atoms with E-state index in [1.165, 1.54) is 5.56 Å². The quantitative estimate of drug-likeness (QED) is 0.539. The van der Waals surface area contributed by atoms with Crippen LogP contribution in [0.1, 0.15) is 5.56 Å². The van der Waals surface area contributed by atoms with Crippen molar-refractivity contribution in [3.63, 3.8) is 0 Å². The molecule has 15 heavy (non-hydrogen) atoms. The molecule has 0 aliphatic carbocycles. The van der Waals surface area contributed by atoms with Gasteiger partial charge in [-0.2, -0.15) is 0 Å². The Hall–Kier alpha value is -0.357. The molecule has 0 N–H and O–H groups in total. The van der Waals surface area contributed by atoms with Crippen LogP contribution in [-0.2, 0) is 19.5 Å². The van der Waals surface area contributed by atoms with Gasteiger partial charge >= 0.3 is 5.69 Å². The largest absolute Gasteiger partial charge is 1.00 e. The van der Waals surface area contributed by atoms with Crippen molar-refractivity contribution in [2.75, 3.05) is 19.0 Å². The molecule has 80 valence electrons. The van der Waals surface area contributed by atoms with Gasteiger partial charge in [0.05, 0.1) is 6.07 Å². The molecule has 1 aromatic rings. The molecule has 3 nitrogen and oxygen atoms in total. The van der Waals surface area contributed by atoms with Crippen molar-refractivity contribution < 1.29 is 31.9 Å². The molecule has 0 amide bonds. The van der Waals surface area contributed by atoms with Crippen LogP contribution in [0.3, 0.4) is 0 Å². The number of hydrogen-bond acceptors (Lipinski definition) is 2. The van der Waals surface area contributed by atoms with Crippen LogP contribution in [0.2, 0.25) is 0 Å². The van der Waals surface area contributed by atoms with Crippen LogP contribution in [0.15, 0.2) is 18.2 Å². The van der Waals surface area contributed by atoms with Gasteiger partial charge in [-0.1, -0.05) is 0 Å². The fraction of sp³-hybridized carbons (Fsp3) is 0.333. The van der Waals surface area contributed by atoms with Crippen molar-refractivity contribution in [3.8, 4) is 0 Å². The number of rotatable bonds is 1. The summed E-state index contributed by atoms with van der Waals surface area (Å²) in [5.74, 6) is 0. The first-order valence-corrected chi connectivity index (χ1v) is 3.78. The molecule has 0 aromatic heterocycles. The van der Waals surface area contributed by atoms with Gasteiger partial charge in [0.2, 0.25) is 5.39 Å². The summed E-state index contributed by atoms with van der Waals surface area (Å²) in [6.07, 6.45) is 0. The molecule has 6 heteroatoms. The topological polar surface area (TPSA) is 31.4 Å². The Bertz CT molecular complexity index is 337. The third kappa shape index (κ3) is 5.32. The van der Waals surface area contributed by atoms with Crippen molar-refractivity contribution >= 4 is 23.8 Å². The smallest absolute Gasteiger partial charge is 0.387 e. The summed E-state index contributed by atoms with van der Waals surface area (Å²) >= 11 is 0. The number of nitrogens with zero attached hydrogens (tertiary/aromatic N) is 3. The van der Waals surface area contributed by atoms with Crippen molar-refractivity contribution in [1.82, 2.24) is 0 Å². The molecular formula is C9H13Cl2N3Zn. The molecule has 1 aromatic carbocycles. The third-order valence-corrected chi connectivity index (χ3v) is 1.79. The van der Waals surface area contributed by atoms with E-state index in [0.717, 1.165) is 5.69 Å². The number of benzene rings is 1. The van der Waals surface area contributed by atoms with Gasteiger partial charge in [-0.3, -0.25) is 0 Å². The predicted octanol–water partition coefficient (Wildman–Crippen LogP) is -0.0311. The SMILES string of the molecule is Cc1ccc([N+]#N)cc1N(C)C.Cl.[Cl-].[Zn]. The third-order valence-electron chi connectivity index (χ3n) is 1.79. The van der Waals surface area contributed by atoms with Gasteiger partial charge < -0.3 is 17.3 Å². The maximum Gasteiger partial charge on any atom is 0.387 e. The van der Waals surface area contributed by atoms with E-state index in [2.05, 4.69) is 4.98 Å². The Balaban J connectivity index is -0.000000480. The van der Waals surface area contributed by atoms with E-state index in [0.29, 0.717) is 5.69 Å². The number of diazo groups is 1. The fourth-order valence-corrected chi connectivity index (χ4v) is 1.14. The zero-order chi connectivity index (χ0) is 9.14. The minimum atomic E-state index is 0. The zero-order valence-electron chi connectivity index (χ0n) is 9.07. The van der Waals surface area contributed by atoms with E-state index >= 15 is 0 Å². The standard InChI is InChI=1S/C9H12N3.2ClH.Zn/c1-7-4-5-8(11-10)6-9(7)12(2)3;;;/h4-6H,1-3H3;2*1H;/q+1;;;/p-1. The van der Waals surface area contributed by atoms with Crippen LogP contribution < -0.4 is 17.3 Å². The maximum absolute atomic E-state index is 8.54. The monoisotopic (exact) mass is 297 g/mol. The van der Waals surface area contributed by atoms with E-state index in [1.54, 1.807) is 6.07 Å². The molecular weight excluding hydrogens is 286 g/mol. The fourth-order valence-electron chi connectivity index (χ4n) is 1.14. The molecule has 1 rings (SSSR count). The van der Waals surface area contributed by atoms with Crippen LogP contribution >= 0.6 is 12.4 Å². The van der Waals surface area contributed by atoms with Gasteiger partial charge in [-0.25, -0.2) is 0 Å². The number of aryl methyl sites for hydroxylation is 1. The summed E-state index contributed by atoms with van der Waals surface area (Å²) in [6, 6.07) is 5.56. The van der Waals surface area contributed by atoms with E-state index in [-0.39, 0.29) is 44.3 Å². The van der Waals surface area contributed by atoms with Gasteiger partial charge in [0.25, 0.3) is 0 Å². The maximum atomic E-state index is 8.54. The second-order valence-electron chi connectivity index (χ2n) is 2.97. The summed E-state index contributed by atoms with van der Waals surface area (Å²) in [5, 5.41) is 8.54. The Kier molecular flexibility index (Phi) is 11.9. The minimum Gasteiger partial charge on any atom is -1.00 e. The zero-order valence-corrected chi connectivity index (χ0v) is 13.6. The molecule has 0 radical (unpaired) electrons. The van der Waals surface area contributed by atoms with E-state index in [9.17, 15) is 0 Å². The molecule has 0 unspecified atom stereocenters. The summed E-state index contributed by atoms with van der Waals surface area (Å²) < 4.78 is 0. The number of hydrogen-bond donors (Lipinski definition) is 0. The molecule has 0 bridgehead atoms. The van der Waals surface area contributed by atoms with E-state index in [1.807, 2.05) is 38.1 Å². The van der Waals surface area contributed by atoms with Crippen molar-refractivity contribution in [2.45, 2.75) is 6.92 Å². The Labute approximate surface area is 115 Å². The van der Waals surface area contributed by atoms with Gasteiger partial charge in [0, 0.05) is 45.3 Å². The normalized spacial score (nSPS) is 7.33. The summed E-state index contributed by atoms with van der Waals surface area (Å²) in [7, 11) is 3.92. The molecule has 0 heterocycles. The molecule has 0 saturated carbocycles. The second kappa shape index (κ2) is 8.91. The van der Waals surface area contributed by atoms with Crippen molar-refractivity contribution in [2.24, 2.45) is 0 Å². The Morgan fingerprint density at radius 1 is 1.27 bits per heavy atom. The van der Waals surface area contributed by atoms with Gasteiger partial charge in [0.15, 0.2) is 4.98 Å². The van der Waals surface area contributed by atoms with Crippen LogP contribution in [0.5, 0.6) is 0 Å². The average Bonchev–Trinajstić information content (AvgIpc) is 2.05. The molecule has 0 fully saturated rings. The Morgan fingerprint density at radius 2 is 1.80 bits per heavy atom. The van der Waals surface area contributed by atoms with Gasteiger partial charge in [-0.05, 0) is 18.6 Å². The van der Waals surface area contributed by atoms with Crippen LogP contribution in [-0.4, -0.2) is 14.1 Å². The average molecular weight is 300 g/mol. The molecule has 0 atom stereocenters. The van der Waals surface area contributed by atoms with Crippen LogP contribution in [0, 0.1) is 12.3 Å². The summed E-state index contributed by atoms with van der Waals surface area (Å²) in [6.45, 7) is 2.02. The summed E-state index contributed by atoms with van der Waals surface area (Å²) in [5.41, 5.74) is 2.84. The van der Waals surface area contributed by atoms with Crippen LogP contribution in [0.25, 0.3) is 4.98 Å². The number of anilines is 1. The molecule has 0 saturated heterocycles. The molecule has 0 aliphatic rings. The van der Waals surface area contributed by atoms with E-state index in [4.69, 9.17) is 5.39 Å². The van der Waals surface area contributed by atoms with Crippen molar-refractivity contribution in [3.05, 3.63) is 28.7 Å². The van der Waals surface area contributed by atoms with E-state index < -0.39 is 0 Å². The second-order valence-corrected chi connectivity index (χ2v) is 2.97. The molecule has 0 spiro atoms. The minimum absolute atomic E-state index is 0. The van der Waals surface area contributed by atoms with Gasteiger partial charge in [0.1, 0.15) is 0 Å². The predicted molar refractivity (Wildman–Crippen MR) is 57.5 cm³/mol. The first kappa shape index (κ1) is 20.1. The first-order chi connectivity index (χ1) is 5.65. The molecule has 0 aliphatic heterocycles. The summed E-state index contributed by atoms with van der Waals surface area (Å²) in [4.78, 5) is 5.12. The van der Waals surface area contributed by atoms with Crippen molar-refractivity contribution in [1.29, 1.82) is 5.39 Å². The van der Waals surface area contributed by atoms with Gasteiger partial charge in [-0.15, -0.1) is 12.4 Å².